The van der Waals surface area contributed by atoms with E-state index in [1.807, 2.05) is 6.07 Å². The highest BCUT2D eigenvalue weighted by molar-refractivity contribution is 5.31. The van der Waals surface area contributed by atoms with Crippen LogP contribution < -0.4 is 5.32 Å². The van der Waals surface area contributed by atoms with Gasteiger partial charge in [0, 0.05) is 6.54 Å². The Labute approximate surface area is 92.3 Å². The van der Waals surface area contributed by atoms with Gasteiger partial charge in [-0.25, -0.2) is 0 Å². The van der Waals surface area contributed by atoms with E-state index in [0.29, 0.717) is 6.54 Å². The summed E-state index contributed by atoms with van der Waals surface area (Å²) in [5.41, 5.74) is 3.51. The lowest BCUT2D eigenvalue weighted by atomic mass is 10.0. The highest BCUT2D eigenvalue weighted by Gasteiger charge is 2.07. The zero-order valence-electron chi connectivity index (χ0n) is 9.88. The standard InChI is InChI=1S/C13H21NO/c1-4-7-14-9-13(15)12-6-5-10(2)11(3)8-12/h5-6,8,13-15H,4,7,9H2,1-3H3. The van der Waals surface area contributed by atoms with Crippen molar-refractivity contribution in [2.45, 2.75) is 33.3 Å². The van der Waals surface area contributed by atoms with Crippen molar-refractivity contribution < 1.29 is 5.11 Å². The van der Waals surface area contributed by atoms with Crippen LogP contribution in [0.2, 0.25) is 0 Å². The molecule has 2 heteroatoms. The molecular weight excluding hydrogens is 186 g/mol. The van der Waals surface area contributed by atoms with E-state index in [2.05, 4.69) is 38.2 Å². The number of aryl methyl sites for hydroxylation is 2. The van der Waals surface area contributed by atoms with E-state index < -0.39 is 6.10 Å². The predicted octanol–water partition coefficient (Wildman–Crippen LogP) is 2.34. The maximum atomic E-state index is 9.90. The van der Waals surface area contributed by atoms with E-state index in [9.17, 15) is 5.11 Å². The van der Waals surface area contributed by atoms with Gasteiger partial charge in [-0.2, -0.15) is 0 Å². The van der Waals surface area contributed by atoms with Gasteiger partial charge in [-0.15, -0.1) is 0 Å². The third-order valence-electron chi connectivity index (χ3n) is 2.68. The van der Waals surface area contributed by atoms with Crippen LogP contribution in [-0.4, -0.2) is 18.2 Å². The smallest absolute Gasteiger partial charge is 0.0914 e. The summed E-state index contributed by atoms with van der Waals surface area (Å²) in [6.07, 6.45) is 0.704. The van der Waals surface area contributed by atoms with Gasteiger partial charge in [0.05, 0.1) is 6.10 Å². The van der Waals surface area contributed by atoms with Crippen molar-refractivity contribution in [3.8, 4) is 0 Å². The fourth-order valence-corrected chi connectivity index (χ4v) is 1.51. The fourth-order valence-electron chi connectivity index (χ4n) is 1.51. The van der Waals surface area contributed by atoms with Crippen molar-refractivity contribution >= 4 is 0 Å². The molecule has 0 aliphatic carbocycles. The molecule has 0 aliphatic heterocycles. The zero-order valence-corrected chi connectivity index (χ0v) is 9.88. The number of aliphatic hydroxyl groups excluding tert-OH is 1. The zero-order chi connectivity index (χ0) is 11.3. The van der Waals surface area contributed by atoms with Crippen LogP contribution in [-0.2, 0) is 0 Å². The number of nitrogens with one attached hydrogen (secondary N) is 1. The molecule has 0 amide bonds. The van der Waals surface area contributed by atoms with Crippen LogP contribution in [0.4, 0.5) is 0 Å². The fraction of sp³-hybridized carbons (Fsp3) is 0.538. The average molecular weight is 207 g/mol. The normalized spacial score (nSPS) is 12.8. The maximum Gasteiger partial charge on any atom is 0.0914 e. The summed E-state index contributed by atoms with van der Waals surface area (Å²) < 4.78 is 0. The Hall–Kier alpha value is -0.860. The highest BCUT2D eigenvalue weighted by Crippen LogP contribution is 2.16. The van der Waals surface area contributed by atoms with Crippen molar-refractivity contribution in [2.24, 2.45) is 0 Å². The summed E-state index contributed by atoms with van der Waals surface area (Å²) in [5.74, 6) is 0. The summed E-state index contributed by atoms with van der Waals surface area (Å²) in [6.45, 7) is 7.87. The molecule has 0 heterocycles. The third kappa shape index (κ3) is 3.65. The Balaban J connectivity index is 2.57. The van der Waals surface area contributed by atoms with Crippen LogP contribution in [0.1, 0.15) is 36.1 Å². The number of rotatable bonds is 5. The predicted molar refractivity (Wildman–Crippen MR) is 64.0 cm³/mol. The van der Waals surface area contributed by atoms with Crippen LogP contribution in [0.25, 0.3) is 0 Å². The van der Waals surface area contributed by atoms with Gasteiger partial charge in [-0.1, -0.05) is 25.1 Å². The van der Waals surface area contributed by atoms with E-state index >= 15 is 0 Å². The second kappa shape index (κ2) is 5.89. The molecule has 15 heavy (non-hydrogen) atoms. The second-order valence-corrected chi connectivity index (χ2v) is 4.06. The minimum atomic E-state index is -0.393. The van der Waals surface area contributed by atoms with Gasteiger partial charge in [-0.3, -0.25) is 0 Å². The molecule has 1 unspecified atom stereocenters. The van der Waals surface area contributed by atoms with E-state index in [1.165, 1.54) is 11.1 Å². The van der Waals surface area contributed by atoms with Crippen molar-refractivity contribution in [2.75, 3.05) is 13.1 Å². The molecule has 1 aromatic carbocycles. The first-order valence-electron chi connectivity index (χ1n) is 5.61. The van der Waals surface area contributed by atoms with Gasteiger partial charge in [0.15, 0.2) is 0 Å². The van der Waals surface area contributed by atoms with Crippen LogP contribution >= 0.6 is 0 Å². The van der Waals surface area contributed by atoms with E-state index in [4.69, 9.17) is 0 Å². The Morgan fingerprint density at radius 3 is 2.60 bits per heavy atom. The van der Waals surface area contributed by atoms with E-state index in [0.717, 1.165) is 18.5 Å². The van der Waals surface area contributed by atoms with Crippen molar-refractivity contribution in [1.82, 2.24) is 5.32 Å². The van der Waals surface area contributed by atoms with Gasteiger partial charge in [0.2, 0.25) is 0 Å². The molecule has 84 valence electrons. The summed E-state index contributed by atoms with van der Waals surface area (Å²) in [5, 5.41) is 13.1. The first kappa shape index (κ1) is 12.2. The van der Waals surface area contributed by atoms with Gasteiger partial charge < -0.3 is 10.4 Å². The molecule has 1 aromatic rings. The summed E-state index contributed by atoms with van der Waals surface area (Å²) >= 11 is 0. The molecule has 0 saturated carbocycles. The lowest BCUT2D eigenvalue weighted by molar-refractivity contribution is 0.175. The Bertz CT molecular complexity index is 309. The topological polar surface area (TPSA) is 32.3 Å². The summed E-state index contributed by atoms with van der Waals surface area (Å²) in [4.78, 5) is 0. The van der Waals surface area contributed by atoms with Crippen LogP contribution in [0.3, 0.4) is 0 Å². The first-order valence-corrected chi connectivity index (χ1v) is 5.61. The lowest BCUT2D eigenvalue weighted by Gasteiger charge is -2.13. The molecule has 0 saturated heterocycles. The van der Waals surface area contributed by atoms with Crippen molar-refractivity contribution in [3.05, 3.63) is 34.9 Å². The number of hydrogen-bond donors (Lipinski definition) is 2. The van der Waals surface area contributed by atoms with E-state index in [1.54, 1.807) is 0 Å². The van der Waals surface area contributed by atoms with Crippen LogP contribution in [0, 0.1) is 13.8 Å². The monoisotopic (exact) mass is 207 g/mol. The molecule has 2 nitrogen and oxygen atoms in total. The molecule has 0 radical (unpaired) electrons. The quantitative estimate of drug-likeness (QED) is 0.726. The number of aliphatic hydroxyl groups is 1. The average Bonchev–Trinajstić information content (AvgIpc) is 2.22. The van der Waals surface area contributed by atoms with Crippen molar-refractivity contribution in [1.29, 1.82) is 0 Å². The molecule has 0 aromatic heterocycles. The Kier molecular flexibility index (Phi) is 4.79. The van der Waals surface area contributed by atoms with Crippen LogP contribution in [0.5, 0.6) is 0 Å². The minimum Gasteiger partial charge on any atom is -0.387 e. The number of hydrogen-bond acceptors (Lipinski definition) is 2. The molecule has 0 fully saturated rings. The SMILES string of the molecule is CCCNCC(O)c1ccc(C)c(C)c1. The summed E-state index contributed by atoms with van der Waals surface area (Å²) in [6, 6.07) is 6.13. The highest BCUT2D eigenvalue weighted by atomic mass is 16.3. The first-order chi connectivity index (χ1) is 7.15. The second-order valence-electron chi connectivity index (χ2n) is 4.06. The van der Waals surface area contributed by atoms with Gasteiger partial charge in [0.25, 0.3) is 0 Å². The molecule has 0 aliphatic rings. The molecule has 1 rings (SSSR count). The molecule has 0 bridgehead atoms. The minimum absolute atomic E-state index is 0.393. The molecule has 2 N–H and O–H groups in total. The van der Waals surface area contributed by atoms with Gasteiger partial charge in [-0.05, 0) is 43.5 Å². The molecular formula is C13H21NO. The van der Waals surface area contributed by atoms with Gasteiger partial charge in [0.1, 0.15) is 0 Å². The van der Waals surface area contributed by atoms with Gasteiger partial charge >= 0.3 is 0 Å². The molecule has 1 atom stereocenters. The maximum absolute atomic E-state index is 9.90. The lowest BCUT2D eigenvalue weighted by Crippen LogP contribution is -2.22. The van der Waals surface area contributed by atoms with Crippen molar-refractivity contribution in [3.63, 3.8) is 0 Å². The van der Waals surface area contributed by atoms with Crippen LogP contribution in [0.15, 0.2) is 18.2 Å². The molecule has 0 spiro atoms. The Morgan fingerprint density at radius 1 is 1.27 bits per heavy atom. The summed E-state index contributed by atoms with van der Waals surface area (Å²) in [7, 11) is 0. The number of benzene rings is 1. The Morgan fingerprint density at radius 2 is 2.00 bits per heavy atom. The van der Waals surface area contributed by atoms with E-state index in [-0.39, 0.29) is 0 Å². The largest absolute Gasteiger partial charge is 0.387 e. The third-order valence-corrected chi connectivity index (χ3v) is 2.68.